The number of piperidine rings is 1. The molecule has 2 fully saturated rings. The number of nitrogens with zero attached hydrogens (tertiary/aromatic N) is 1. The van der Waals surface area contributed by atoms with Crippen LogP contribution in [0.2, 0.25) is 0 Å². The van der Waals surface area contributed by atoms with Crippen LogP contribution >= 0.6 is 0 Å². The van der Waals surface area contributed by atoms with Crippen LogP contribution in [0.3, 0.4) is 0 Å². The monoisotopic (exact) mass is 282 g/mol. The topological polar surface area (TPSA) is 72.6 Å². The van der Waals surface area contributed by atoms with Crippen LogP contribution in [-0.4, -0.2) is 42.0 Å². The zero-order valence-corrected chi connectivity index (χ0v) is 12.4. The minimum absolute atomic E-state index is 0.144. The van der Waals surface area contributed by atoms with Gasteiger partial charge in [0.1, 0.15) is 5.60 Å². The summed E-state index contributed by atoms with van der Waals surface area (Å²) in [5, 5.41) is 0. The first-order valence-corrected chi connectivity index (χ1v) is 7.73. The minimum atomic E-state index is -0.613. The van der Waals surface area contributed by atoms with E-state index < -0.39 is 5.60 Å². The van der Waals surface area contributed by atoms with E-state index in [0.29, 0.717) is 18.9 Å². The van der Waals surface area contributed by atoms with E-state index in [4.69, 9.17) is 10.5 Å². The first-order chi connectivity index (χ1) is 9.51. The molecular weight excluding hydrogens is 256 g/mol. The summed E-state index contributed by atoms with van der Waals surface area (Å²) < 4.78 is 5.73. The molecule has 0 aromatic heterocycles. The average molecular weight is 282 g/mol. The smallest absolute Gasteiger partial charge is 0.254 e. The molecule has 0 spiro atoms. The van der Waals surface area contributed by atoms with Gasteiger partial charge in [0.15, 0.2) is 0 Å². The van der Waals surface area contributed by atoms with Crippen LogP contribution in [0, 0.1) is 5.92 Å². The molecule has 0 bridgehead atoms. The first-order valence-electron chi connectivity index (χ1n) is 7.73. The number of likely N-dealkylation sites (tertiary alicyclic amines) is 1. The lowest BCUT2D eigenvalue weighted by Crippen LogP contribution is -2.52. The van der Waals surface area contributed by atoms with Crippen LogP contribution in [-0.2, 0) is 14.3 Å². The van der Waals surface area contributed by atoms with Crippen LogP contribution in [0.25, 0.3) is 0 Å². The summed E-state index contributed by atoms with van der Waals surface area (Å²) >= 11 is 0. The molecule has 0 radical (unpaired) electrons. The third-order valence-corrected chi connectivity index (χ3v) is 4.62. The van der Waals surface area contributed by atoms with E-state index in [-0.39, 0.29) is 11.8 Å². The van der Waals surface area contributed by atoms with Gasteiger partial charge in [-0.2, -0.15) is 0 Å². The molecule has 2 saturated heterocycles. The molecule has 0 saturated carbocycles. The summed E-state index contributed by atoms with van der Waals surface area (Å²) in [7, 11) is 0. The van der Waals surface area contributed by atoms with Gasteiger partial charge in [0.05, 0.1) is 0 Å². The molecule has 0 aromatic carbocycles. The van der Waals surface area contributed by atoms with Gasteiger partial charge in [-0.3, -0.25) is 9.59 Å². The van der Waals surface area contributed by atoms with Crippen molar-refractivity contribution in [1.82, 2.24) is 4.90 Å². The highest BCUT2D eigenvalue weighted by atomic mass is 16.5. The van der Waals surface area contributed by atoms with Crippen molar-refractivity contribution in [1.29, 1.82) is 0 Å². The van der Waals surface area contributed by atoms with Crippen molar-refractivity contribution in [3.05, 3.63) is 0 Å². The first kappa shape index (κ1) is 15.3. The maximum Gasteiger partial charge on any atom is 0.254 e. The predicted molar refractivity (Wildman–Crippen MR) is 75.9 cm³/mol. The molecule has 2 rings (SSSR count). The van der Waals surface area contributed by atoms with Crippen molar-refractivity contribution in [2.45, 2.75) is 57.5 Å². The zero-order chi connectivity index (χ0) is 14.6. The van der Waals surface area contributed by atoms with E-state index >= 15 is 0 Å². The van der Waals surface area contributed by atoms with Gasteiger partial charge in [-0.25, -0.2) is 0 Å². The normalized spacial score (nSPS) is 28.4. The molecule has 5 nitrogen and oxygen atoms in total. The van der Waals surface area contributed by atoms with Crippen molar-refractivity contribution in [3.63, 3.8) is 0 Å². The van der Waals surface area contributed by atoms with Gasteiger partial charge in [-0.15, -0.1) is 0 Å². The molecule has 20 heavy (non-hydrogen) atoms. The van der Waals surface area contributed by atoms with Crippen LogP contribution in [0.5, 0.6) is 0 Å². The van der Waals surface area contributed by atoms with E-state index in [9.17, 15) is 9.59 Å². The molecule has 0 unspecified atom stereocenters. The van der Waals surface area contributed by atoms with Gasteiger partial charge in [0.25, 0.3) is 5.91 Å². The van der Waals surface area contributed by atoms with Gasteiger partial charge in [-0.05, 0) is 51.4 Å². The van der Waals surface area contributed by atoms with Crippen molar-refractivity contribution in [2.24, 2.45) is 11.7 Å². The Morgan fingerprint density at radius 1 is 1.30 bits per heavy atom. The van der Waals surface area contributed by atoms with E-state index in [1.54, 1.807) is 0 Å². The highest BCUT2D eigenvalue weighted by Gasteiger charge is 2.39. The Labute approximate surface area is 120 Å². The molecule has 0 aliphatic carbocycles. The van der Waals surface area contributed by atoms with E-state index in [0.717, 1.165) is 51.6 Å². The lowest BCUT2D eigenvalue weighted by atomic mass is 9.89. The van der Waals surface area contributed by atoms with E-state index in [2.05, 4.69) is 0 Å². The summed E-state index contributed by atoms with van der Waals surface area (Å²) in [5.74, 6) is 0.434. The number of hydrogen-bond acceptors (Lipinski definition) is 3. The average Bonchev–Trinajstić information content (AvgIpc) is 2.45. The fourth-order valence-electron chi connectivity index (χ4n) is 3.21. The number of primary amides is 1. The fourth-order valence-corrected chi connectivity index (χ4v) is 3.21. The largest absolute Gasteiger partial charge is 0.370 e. The minimum Gasteiger partial charge on any atom is -0.370 e. The predicted octanol–water partition coefficient (Wildman–Crippen LogP) is 1.45. The third-order valence-electron chi connectivity index (χ3n) is 4.62. The highest BCUT2D eigenvalue weighted by Crippen LogP contribution is 2.29. The van der Waals surface area contributed by atoms with Crippen LogP contribution in [0.15, 0.2) is 0 Å². The molecule has 2 heterocycles. The number of hydrogen-bond donors (Lipinski definition) is 1. The summed E-state index contributed by atoms with van der Waals surface area (Å²) in [6, 6.07) is 0. The van der Waals surface area contributed by atoms with Crippen LogP contribution in [0.4, 0.5) is 0 Å². The van der Waals surface area contributed by atoms with Crippen molar-refractivity contribution >= 4 is 11.8 Å². The van der Waals surface area contributed by atoms with Crippen LogP contribution < -0.4 is 5.73 Å². The second-order valence-corrected chi connectivity index (χ2v) is 6.28. The number of carbonyl (C=O) groups is 2. The molecule has 2 amide bonds. The van der Waals surface area contributed by atoms with Gasteiger partial charge >= 0.3 is 0 Å². The Morgan fingerprint density at radius 2 is 2.00 bits per heavy atom. The maximum absolute atomic E-state index is 12.6. The fraction of sp³-hybridized carbons (Fsp3) is 0.867. The zero-order valence-electron chi connectivity index (χ0n) is 12.4. The molecule has 1 atom stereocenters. The second-order valence-electron chi connectivity index (χ2n) is 6.28. The summed E-state index contributed by atoms with van der Waals surface area (Å²) in [6.45, 7) is 4.17. The third kappa shape index (κ3) is 3.72. The maximum atomic E-state index is 12.6. The van der Waals surface area contributed by atoms with Gasteiger partial charge < -0.3 is 15.4 Å². The number of amides is 2. The van der Waals surface area contributed by atoms with E-state index in [1.165, 1.54) is 0 Å². The lowest BCUT2D eigenvalue weighted by Gasteiger charge is -2.40. The van der Waals surface area contributed by atoms with Crippen molar-refractivity contribution in [3.8, 4) is 0 Å². The molecular formula is C15H26N2O3. The summed E-state index contributed by atoms with van der Waals surface area (Å²) in [6.07, 6.45) is 6.19. The van der Waals surface area contributed by atoms with E-state index in [1.807, 2.05) is 11.8 Å². The summed E-state index contributed by atoms with van der Waals surface area (Å²) in [5.41, 5.74) is 4.57. The molecule has 2 aliphatic heterocycles. The number of carbonyl (C=O) groups excluding carboxylic acids is 2. The molecule has 114 valence electrons. The van der Waals surface area contributed by atoms with Gasteiger partial charge in [-0.1, -0.05) is 0 Å². The Balaban J connectivity index is 1.81. The second kappa shape index (κ2) is 6.57. The Kier molecular flexibility index (Phi) is 5.02. The number of ether oxygens (including phenoxy) is 1. The summed E-state index contributed by atoms with van der Waals surface area (Å²) in [4.78, 5) is 25.3. The van der Waals surface area contributed by atoms with Gasteiger partial charge in [0, 0.05) is 26.1 Å². The SMILES string of the molecule is C[C@]1(C(=O)N2CCC(CCC(N)=O)CC2)CCCCO1. The Morgan fingerprint density at radius 3 is 2.55 bits per heavy atom. The number of rotatable bonds is 4. The van der Waals surface area contributed by atoms with Gasteiger partial charge in [0.2, 0.25) is 5.91 Å². The van der Waals surface area contributed by atoms with Crippen molar-refractivity contribution in [2.75, 3.05) is 19.7 Å². The lowest BCUT2D eigenvalue weighted by molar-refractivity contribution is -0.163. The quantitative estimate of drug-likeness (QED) is 0.848. The van der Waals surface area contributed by atoms with Crippen molar-refractivity contribution < 1.29 is 14.3 Å². The standard InChI is InChI=1S/C15H26N2O3/c1-15(8-2-3-11-20-15)14(19)17-9-6-12(7-10-17)4-5-13(16)18/h12H,2-11H2,1H3,(H2,16,18)/t15-/m1/s1. The molecule has 2 N–H and O–H groups in total. The highest BCUT2D eigenvalue weighted by molar-refractivity contribution is 5.85. The van der Waals surface area contributed by atoms with Crippen LogP contribution in [0.1, 0.15) is 51.9 Å². The molecule has 5 heteroatoms. The molecule has 2 aliphatic rings. The Hall–Kier alpha value is -1.10. The Bertz CT molecular complexity index is 356. The molecule has 0 aromatic rings. The number of nitrogens with two attached hydrogens (primary N) is 1.